The summed E-state index contributed by atoms with van der Waals surface area (Å²) in [5, 5.41) is 0. The summed E-state index contributed by atoms with van der Waals surface area (Å²) in [6, 6.07) is 7.44. The normalized spacial score (nSPS) is 11.8. The number of benzene rings is 1. The maximum atomic E-state index is 11.3. The van der Waals surface area contributed by atoms with Crippen LogP contribution in [0, 0.1) is 5.92 Å². The molecule has 0 fully saturated rings. The lowest BCUT2D eigenvalue weighted by atomic mass is 10.0. The number of hydrogen-bond donors (Lipinski definition) is 2. The predicted molar refractivity (Wildman–Crippen MR) is 66.6 cm³/mol. The van der Waals surface area contributed by atoms with Gasteiger partial charge >= 0.3 is 0 Å². The second kappa shape index (κ2) is 5.32. The van der Waals surface area contributed by atoms with Gasteiger partial charge in [0.25, 0.3) is 10.2 Å². The van der Waals surface area contributed by atoms with Crippen LogP contribution in [-0.4, -0.2) is 15.5 Å². The first kappa shape index (κ1) is 13.0. The summed E-state index contributed by atoms with van der Waals surface area (Å²) in [5.74, 6) is 0.552. The lowest BCUT2D eigenvalue weighted by molar-refractivity contribution is 0.593. The third kappa shape index (κ3) is 4.20. The molecule has 0 aromatic heterocycles. The van der Waals surface area contributed by atoms with Gasteiger partial charge in [-0.3, -0.25) is 4.72 Å². The van der Waals surface area contributed by atoms with E-state index in [2.05, 4.69) is 23.3 Å². The SMILES string of the molecule is CNS(=O)(=O)Nc1cccc(CC(C)C)c1. The molecule has 0 unspecified atom stereocenters. The third-order valence-corrected chi connectivity index (χ3v) is 3.13. The minimum absolute atomic E-state index is 0.552. The van der Waals surface area contributed by atoms with Crippen LogP contribution in [0.3, 0.4) is 0 Å². The Labute approximate surface area is 97.3 Å². The quantitative estimate of drug-likeness (QED) is 0.826. The molecule has 1 rings (SSSR count). The second-order valence-corrected chi connectivity index (χ2v) is 5.73. The average molecular weight is 242 g/mol. The first-order valence-corrected chi connectivity index (χ1v) is 6.71. The van der Waals surface area contributed by atoms with E-state index in [-0.39, 0.29) is 0 Å². The summed E-state index contributed by atoms with van der Waals surface area (Å²) < 4.78 is 27.2. The number of nitrogens with one attached hydrogen (secondary N) is 2. The van der Waals surface area contributed by atoms with Crippen molar-refractivity contribution in [2.75, 3.05) is 11.8 Å². The molecule has 0 radical (unpaired) electrons. The Morgan fingerprint density at radius 1 is 1.31 bits per heavy atom. The first-order chi connectivity index (χ1) is 7.43. The molecule has 5 heteroatoms. The maximum Gasteiger partial charge on any atom is 0.298 e. The van der Waals surface area contributed by atoms with Gasteiger partial charge in [-0.1, -0.05) is 26.0 Å². The third-order valence-electron chi connectivity index (χ3n) is 2.09. The highest BCUT2D eigenvalue weighted by Crippen LogP contribution is 2.14. The van der Waals surface area contributed by atoms with E-state index < -0.39 is 10.2 Å². The van der Waals surface area contributed by atoms with Crippen LogP contribution in [0.5, 0.6) is 0 Å². The first-order valence-electron chi connectivity index (χ1n) is 5.23. The lowest BCUT2D eigenvalue weighted by Crippen LogP contribution is -2.26. The largest absolute Gasteiger partial charge is 0.298 e. The average Bonchev–Trinajstić information content (AvgIpc) is 2.16. The summed E-state index contributed by atoms with van der Waals surface area (Å²) >= 11 is 0. The zero-order valence-corrected chi connectivity index (χ0v) is 10.6. The van der Waals surface area contributed by atoms with E-state index in [9.17, 15) is 8.42 Å². The van der Waals surface area contributed by atoms with Gasteiger partial charge in [-0.05, 0) is 30.0 Å². The Bertz CT molecular complexity index is 441. The fraction of sp³-hybridized carbons (Fsp3) is 0.455. The fourth-order valence-electron chi connectivity index (χ4n) is 1.44. The van der Waals surface area contributed by atoms with Gasteiger partial charge in [0.15, 0.2) is 0 Å². The van der Waals surface area contributed by atoms with Crippen LogP contribution in [0.15, 0.2) is 24.3 Å². The van der Waals surface area contributed by atoms with E-state index in [1.54, 1.807) is 6.07 Å². The lowest BCUT2D eigenvalue weighted by Gasteiger charge is -2.09. The van der Waals surface area contributed by atoms with E-state index in [4.69, 9.17) is 0 Å². The Balaban J connectivity index is 2.83. The van der Waals surface area contributed by atoms with Crippen LogP contribution >= 0.6 is 0 Å². The molecule has 0 aliphatic heterocycles. The van der Waals surface area contributed by atoms with Crippen molar-refractivity contribution in [2.24, 2.45) is 5.92 Å². The van der Waals surface area contributed by atoms with Crippen molar-refractivity contribution in [1.29, 1.82) is 0 Å². The molecule has 0 atom stereocenters. The van der Waals surface area contributed by atoms with Gasteiger partial charge in [0, 0.05) is 7.05 Å². The van der Waals surface area contributed by atoms with Gasteiger partial charge in [0.1, 0.15) is 0 Å². The molecule has 0 amide bonds. The minimum Gasteiger partial charge on any atom is -0.271 e. The molecule has 0 aliphatic carbocycles. The molecule has 1 aromatic rings. The monoisotopic (exact) mass is 242 g/mol. The summed E-state index contributed by atoms with van der Waals surface area (Å²) in [4.78, 5) is 0. The molecule has 0 aliphatic rings. The molecule has 0 heterocycles. The molecule has 0 spiro atoms. The molecule has 4 nitrogen and oxygen atoms in total. The van der Waals surface area contributed by atoms with Gasteiger partial charge in [0.2, 0.25) is 0 Å². The standard InChI is InChI=1S/C11H18N2O2S/c1-9(2)7-10-5-4-6-11(8-10)13-16(14,15)12-3/h4-6,8-9,12-13H,7H2,1-3H3. The number of hydrogen-bond acceptors (Lipinski definition) is 2. The van der Waals surface area contributed by atoms with Crippen molar-refractivity contribution in [3.63, 3.8) is 0 Å². The van der Waals surface area contributed by atoms with Gasteiger partial charge in [-0.25, -0.2) is 4.72 Å². The summed E-state index contributed by atoms with van der Waals surface area (Å²) in [7, 11) is -2.04. The summed E-state index contributed by atoms with van der Waals surface area (Å²) in [5.41, 5.74) is 1.72. The number of rotatable bonds is 5. The molecular weight excluding hydrogens is 224 g/mol. The van der Waals surface area contributed by atoms with Gasteiger partial charge < -0.3 is 0 Å². The highest BCUT2D eigenvalue weighted by atomic mass is 32.2. The zero-order valence-electron chi connectivity index (χ0n) is 9.82. The predicted octanol–water partition coefficient (Wildman–Crippen LogP) is 1.76. The van der Waals surface area contributed by atoms with Crippen LogP contribution in [0.4, 0.5) is 5.69 Å². The van der Waals surface area contributed by atoms with Gasteiger partial charge in [-0.2, -0.15) is 8.42 Å². The minimum atomic E-state index is -3.42. The van der Waals surface area contributed by atoms with Crippen molar-refractivity contribution in [3.8, 4) is 0 Å². The molecule has 90 valence electrons. The molecule has 0 bridgehead atoms. The fourth-order valence-corrected chi connectivity index (χ4v) is 1.98. The zero-order chi connectivity index (χ0) is 12.2. The van der Waals surface area contributed by atoms with Crippen LogP contribution < -0.4 is 9.44 Å². The summed E-state index contributed by atoms with van der Waals surface area (Å²) in [6.07, 6.45) is 0.940. The van der Waals surface area contributed by atoms with Gasteiger partial charge in [0.05, 0.1) is 5.69 Å². The van der Waals surface area contributed by atoms with Crippen LogP contribution in [-0.2, 0) is 16.6 Å². The van der Waals surface area contributed by atoms with E-state index in [1.807, 2.05) is 18.2 Å². The van der Waals surface area contributed by atoms with Crippen molar-refractivity contribution < 1.29 is 8.42 Å². The van der Waals surface area contributed by atoms with Crippen molar-refractivity contribution >= 4 is 15.9 Å². The van der Waals surface area contributed by atoms with E-state index in [0.29, 0.717) is 11.6 Å². The molecule has 1 aromatic carbocycles. The van der Waals surface area contributed by atoms with Crippen molar-refractivity contribution in [3.05, 3.63) is 29.8 Å². The Kier molecular flexibility index (Phi) is 4.32. The van der Waals surface area contributed by atoms with Crippen LogP contribution in [0.2, 0.25) is 0 Å². The highest BCUT2D eigenvalue weighted by Gasteiger charge is 2.06. The highest BCUT2D eigenvalue weighted by molar-refractivity contribution is 7.90. The number of anilines is 1. The molecular formula is C11H18N2O2S. The maximum absolute atomic E-state index is 11.3. The van der Waals surface area contributed by atoms with E-state index in [1.165, 1.54) is 7.05 Å². The van der Waals surface area contributed by atoms with E-state index >= 15 is 0 Å². The molecule has 16 heavy (non-hydrogen) atoms. The van der Waals surface area contributed by atoms with Crippen LogP contribution in [0.25, 0.3) is 0 Å². The molecule has 0 saturated heterocycles. The second-order valence-electron chi connectivity index (χ2n) is 4.11. The van der Waals surface area contributed by atoms with Crippen LogP contribution in [0.1, 0.15) is 19.4 Å². The Morgan fingerprint density at radius 3 is 2.56 bits per heavy atom. The Hall–Kier alpha value is -1.07. The summed E-state index contributed by atoms with van der Waals surface area (Å²) in [6.45, 7) is 4.26. The Morgan fingerprint density at radius 2 is 2.00 bits per heavy atom. The van der Waals surface area contributed by atoms with Crippen molar-refractivity contribution in [2.45, 2.75) is 20.3 Å². The molecule has 2 N–H and O–H groups in total. The topological polar surface area (TPSA) is 58.2 Å². The van der Waals surface area contributed by atoms with Crippen molar-refractivity contribution in [1.82, 2.24) is 4.72 Å². The smallest absolute Gasteiger partial charge is 0.271 e. The molecule has 0 saturated carbocycles. The van der Waals surface area contributed by atoms with E-state index in [0.717, 1.165) is 12.0 Å². The van der Waals surface area contributed by atoms with Gasteiger partial charge in [-0.15, -0.1) is 0 Å².